The molecule has 0 spiro atoms. The molecule has 1 aromatic carbocycles. The van der Waals surface area contributed by atoms with Crippen LogP contribution in [0.25, 0.3) is 0 Å². The Labute approximate surface area is 198 Å². The van der Waals surface area contributed by atoms with Gasteiger partial charge in [0.05, 0.1) is 33.2 Å². The Morgan fingerprint density at radius 1 is 0.970 bits per heavy atom. The Bertz CT molecular complexity index is 782. The van der Waals surface area contributed by atoms with Crippen molar-refractivity contribution in [3.8, 4) is 0 Å². The summed E-state index contributed by atoms with van der Waals surface area (Å²) >= 11 is 0. The first kappa shape index (κ1) is 28.8. The average molecular weight is 483 g/mol. The Balaban J connectivity index is 3.34. The Morgan fingerprint density at radius 2 is 1.58 bits per heavy atom. The highest BCUT2D eigenvalue weighted by Crippen LogP contribution is 2.36. The fourth-order valence-corrected chi connectivity index (χ4v) is 4.72. The van der Waals surface area contributed by atoms with Crippen molar-refractivity contribution in [3.63, 3.8) is 0 Å². The minimum absolute atomic E-state index is 0.0836. The molecule has 0 aliphatic carbocycles. The molecule has 0 amide bonds. The molecule has 0 saturated heterocycles. The van der Waals surface area contributed by atoms with Crippen molar-refractivity contribution in [1.82, 2.24) is 0 Å². The normalized spacial score (nSPS) is 14.7. The second-order valence-corrected chi connectivity index (χ2v) is 14.2. The lowest BCUT2D eigenvalue weighted by Gasteiger charge is -2.42. The zero-order valence-electron chi connectivity index (χ0n) is 21.1. The molecule has 0 aliphatic heterocycles. The first-order valence-electron chi connectivity index (χ1n) is 10.9. The number of ether oxygens (including phenoxy) is 4. The van der Waals surface area contributed by atoms with E-state index in [0.29, 0.717) is 6.61 Å². The predicted molar refractivity (Wildman–Crippen MR) is 126 cm³/mol. The summed E-state index contributed by atoms with van der Waals surface area (Å²) in [6.07, 6.45) is -0.401. The van der Waals surface area contributed by atoms with Crippen LogP contribution in [0, 0.1) is 5.92 Å². The smallest absolute Gasteiger partial charge is 0.339 e. The van der Waals surface area contributed by atoms with Gasteiger partial charge in [-0.3, -0.25) is 9.59 Å². The molecular weight excluding hydrogens is 444 g/mol. The summed E-state index contributed by atoms with van der Waals surface area (Å²) in [6.45, 7) is 11.2. The molecule has 0 bridgehead atoms. The van der Waals surface area contributed by atoms with E-state index in [1.807, 2.05) is 50.0 Å². The van der Waals surface area contributed by atoms with Gasteiger partial charge in [0, 0.05) is 6.61 Å². The number of rotatable bonds is 12. The average Bonchev–Trinajstić information content (AvgIpc) is 2.71. The third-order valence-electron chi connectivity index (χ3n) is 4.58. The Morgan fingerprint density at radius 3 is 2.06 bits per heavy atom. The van der Waals surface area contributed by atoms with Gasteiger partial charge >= 0.3 is 17.9 Å². The molecule has 0 aliphatic rings. The van der Waals surface area contributed by atoms with Crippen LogP contribution < -0.4 is 0 Å². The summed E-state index contributed by atoms with van der Waals surface area (Å²) in [5.41, 5.74) is -1.81. The molecule has 0 unspecified atom stereocenters. The predicted octanol–water partition coefficient (Wildman–Crippen LogP) is 3.88. The van der Waals surface area contributed by atoms with Crippen LogP contribution in [-0.4, -0.2) is 58.3 Å². The van der Waals surface area contributed by atoms with Crippen molar-refractivity contribution < 1.29 is 37.8 Å². The third-order valence-corrected chi connectivity index (χ3v) is 5.55. The highest BCUT2D eigenvalue weighted by atomic mass is 28.4. The van der Waals surface area contributed by atoms with Gasteiger partial charge < -0.3 is 23.4 Å². The van der Waals surface area contributed by atoms with E-state index in [-0.39, 0.29) is 13.0 Å². The molecule has 1 rings (SSSR count). The third kappa shape index (κ3) is 9.65. The van der Waals surface area contributed by atoms with Crippen molar-refractivity contribution in [3.05, 3.63) is 35.9 Å². The summed E-state index contributed by atoms with van der Waals surface area (Å²) in [5.74, 6) is -3.33. The lowest BCUT2D eigenvalue weighted by Crippen LogP contribution is -2.59. The quantitative estimate of drug-likeness (QED) is 0.192. The van der Waals surface area contributed by atoms with Gasteiger partial charge in [-0.2, -0.15) is 0 Å². The lowest BCUT2D eigenvalue weighted by atomic mass is 9.82. The molecule has 1 aromatic rings. The first-order valence-corrected chi connectivity index (χ1v) is 14.3. The maximum absolute atomic E-state index is 13.5. The zero-order valence-corrected chi connectivity index (χ0v) is 22.1. The van der Waals surface area contributed by atoms with Crippen LogP contribution in [0.15, 0.2) is 30.3 Å². The van der Waals surface area contributed by atoms with Crippen LogP contribution in [0.1, 0.15) is 39.2 Å². The van der Waals surface area contributed by atoms with Gasteiger partial charge in [0.15, 0.2) is 13.9 Å². The molecule has 33 heavy (non-hydrogen) atoms. The van der Waals surface area contributed by atoms with E-state index in [0.717, 1.165) is 5.56 Å². The van der Waals surface area contributed by atoms with E-state index < -0.39 is 49.8 Å². The number of methoxy groups -OCH3 is 2. The van der Waals surface area contributed by atoms with Crippen LogP contribution in [0.4, 0.5) is 0 Å². The summed E-state index contributed by atoms with van der Waals surface area (Å²) < 4.78 is 27.6. The minimum Gasteiger partial charge on any atom is -0.469 e. The number of esters is 3. The SMILES string of the molecule is COC(=O)C[C@](O[Si](C)(C)C)(C(=O)OC(C)(C)C)[C@@H](CCOCc1ccccc1)C(=O)OC. The topological polar surface area (TPSA) is 97.4 Å². The number of hydrogen-bond acceptors (Lipinski definition) is 8. The highest BCUT2D eigenvalue weighted by Gasteiger charge is 2.56. The lowest BCUT2D eigenvalue weighted by molar-refractivity contribution is -0.191. The number of benzene rings is 1. The molecule has 0 heterocycles. The fourth-order valence-electron chi connectivity index (χ4n) is 3.33. The minimum atomic E-state index is -2.49. The monoisotopic (exact) mass is 482 g/mol. The van der Waals surface area contributed by atoms with Crippen molar-refractivity contribution in [2.75, 3.05) is 20.8 Å². The van der Waals surface area contributed by atoms with Crippen LogP contribution >= 0.6 is 0 Å². The second-order valence-electron chi connectivity index (χ2n) is 9.76. The second kappa shape index (κ2) is 12.3. The van der Waals surface area contributed by atoms with Crippen molar-refractivity contribution >= 4 is 26.2 Å². The molecule has 186 valence electrons. The Kier molecular flexibility index (Phi) is 10.7. The zero-order chi connectivity index (χ0) is 25.3. The Hall–Kier alpha value is -2.23. The van der Waals surface area contributed by atoms with Gasteiger partial charge in [-0.05, 0) is 52.4 Å². The van der Waals surface area contributed by atoms with Crippen LogP contribution in [0.3, 0.4) is 0 Å². The van der Waals surface area contributed by atoms with Crippen LogP contribution in [-0.2, 0) is 44.4 Å². The standard InChI is InChI=1S/C24H38O8Si/c1-23(2,3)31-22(27)24(16-20(25)28-4,32-33(6,7)8)19(21(26)29-5)14-15-30-17-18-12-10-9-11-13-18/h9-13,19H,14-17H2,1-8H3/t19-,24+/m0/s1. The summed E-state index contributed by atoms with van der Waals surface area (Å²) in [5, 5.41) is 0. The molecule has 2 atom stereocenters. The first-order chi connectivity index (χ1) is 15.2. The fraction of sp³-hybridized carbons (Fsp3) is 0.625. The maximum atomic E-state index is 13.5. The molecule has 0 fully saturated rings. The highest BCUT2D eigenvalue weighted by molar-refractivity contribution is 6.70. The van der Waals surface area contributed by atoms with Crippen LogP contribution in [0.2, 0.25) is 19.6 Å². The molecule has 0 radical (unpaired) electrons. The van der Waals surface area contributed by atoms with Crippen molar-refractivity contribution in [2.24, 2.45) is 5.92 Å². The van der Waals surface area contributed by atoms with Gasteiger partial charge in [-0.25, -0.2) is 4.79 Å². The summed E-state index contributed by atoms with van der Waals surface area (Å²) in [7, 11) is -0.0452. The molecule has 9 heteroatoms. The van der Waals surface area contributed by atoms with Crippen LogP contribution in [0.5, 0.6) is 0 Å². The number of carbonyl (C=O) groups is 3. The van der Waals surface area contributed by atoms with E-state index in [2.05, 4.69) is 0 Å². The van der Waals surface area contributed by atoms with E-state index in [1.165, 1.54) is 14.2 Å². The van der Waals surface area contributed by atoms with Crippen molar-refractivity contribution in [1.29, 1.82) is 0 Å². The molecule has 8 nitrogen and oxygen atoms in total. The van der Waals surface area contributed by atoms with E-state index in [9.17, 15) is 14.4 Å². The van der Waals surface area contributed by atoms with Crippen molar-refractivity contribution in [2.45, 2.75) is 71.1 Å². The molecule has 0 aromatic heterocycles. The van der Waals surface area contributed by atoms with E-state index in [4.69, 9.17) is 23.4 Å². The van der Waals surface area contributed by atoms with Gasteiger partial charge in [0.25, 0.3) is 0 Å². The number of hydrogen-bond donors (Lipinski definition) is 0. The van der Waals surface area contributed by atoms with E-state index >= 15 is 0 Å². The molecular formula is C24H38O8Si. The largest absolute Gasteiger partial charge is 0.469 e. The molecule has 0 N–H and O–H groups in total. The van der Waals surface area contributed by atoms with Gasteiger partial charge in [0.1, 0.15) is 5.60 Å². The number of carbonyl (C=O) groups excluding carboxylic acids is 3. The summed E-state index contributed by atoms with van der Waals surface area (Å²) in [6, 6.07) is 9.57. The molecule has 0 saturated carbocycles. The van der Waals surface area contributed by atoms with Gasteiger partial charge in [-0.15, -0.1) is 0 Å². The summed E-state index contributed by atoms with van der Waals surface area (Å²) in [4.78, 5) is 38.9. The van der Waals surface area contributed by atoms with Gasteiger partial charge in [-0.1, -0.05) is 30.3 Å². The van der Waals surface area contributed by atoms with E-state index in [1.54, 1.807) is 20.8 Å². The van der Waals surface area contributed by atoms with Gasteiger partial charge in [0.2, 0.25) is 0 Å². The maximum Gasteiger partial charge on any atom is 0.339 e.